The molecule has 2 heterocycles. The molecule has 16 heavy (non-hydrogen) atoms. The van der Waals surface area contributed by atoms with Crippen LogP contribution in [0.3, 0.4) is 0 Å². The fraction of sp³-hybridized carbons (Fsp3) is 0.500. The summed E-state index contributed by atoms with van der Waals surface area (Å²) in [6, 6.07) is -0.446. The number of nitrogens with zero attached hydrogens (tertiary/aromatic N) is 1. The van der Waals surface area contributed by atoms with Crippen LogP contribution in [0.2, 0.25) is 0 Å². The van der Waals surface area contributed by atoms with Crippen LogP contribution in [-0.2, 0) is 4.79 Å². The van der Waals surface area contributed by atoms with Gasteiger partial charge in [-0.15, -0.1) is 0 Å². The highest BCUT2D eigenvalue weighted by Gasteiger charge is 2.42. The minimum atomic E-state index is -1.03. The van der Waals surface area contributed by atoms with Gasteiger partial charge in [-0.1, -0.05) is 0 Å². The summed E-state index contributed by atoms with van der Waals surface area (Å²) in [5.41, 5.74) is 4.93. The number of nitrogens with one attached hydrogen (secondary N) is 1. The molecule has 0 radical (unpaired) electrons. The monoisotopic (exact) mass is 241 g/mol. The van der Waals surface area contributed by atoms with Crippen LogP contribution >= 0.6 is 11.9 Å². The molecule has 5 nitrogen and oxygen atoms in total. The molecule has 0 bridgehead atoms. The first-order chi connectivity index (χ1) is 7.66. The van der Waals surface area contributed by atoms with Gasteiger partial charge in [0, 0.05) is 30.6 Å². The molecule has 88 valence electrons. The predicted molar refractivity (Wildman–Crippen MR) is 63.1 cm³/mol. The van der Waals surface area contributed by atoms with Crippen LogP contribution in [0.4, 0.5) is 0 Å². The molecule has 0 aromatic rings. The zero-order valence-corrected chi connectivity index (χ0v) is 9.61. The van der Waals surface area contributed by atoms with Crippen molar-refractivity contribution in [1.29, 1.82) is 0 Å². The molecule has 1 saturated heterocycles. The van der Waals surface area contributed by atoms with E-state index in [2.05, 4.69) is 4.72 Å². The number of hydrogen-bond donors (Lipinski definition) is 3. The van der Waals surface area contributed by atoms with Gasteiger partial charge in [0.2, 0.25) is 6.41 Å². The number of allylic oxidation sites excluding steroid dienone is 2. The molecule has 0 saturated carbocycles. The second kappa shape index (κ2) is 4.48. The van der Waals surface area contributed by atoms with Crippen LogP contribution < -0.4 is 10.5 Å². The van der Waals surface area contributed by atoms with Crippen molar-refractivity contribution in [3.8, 4) is 0 Å². The average molecular weight is 241 g/mol. The average Bonchev–Trinajstić information content (AvgIpc) is 2.34. The molecule has 2 aliphatic heterocycles. The third-order valence-electron chi connectivity index (χ3n) is 2.98. The molecule has 2 aliphatic rings. The van der Waals surface area contributed by atoms with Crippen LogP contribution in [0.25, 0.3) is 0 Å². The van der Waals surface area contributed by atoms with E-state index in [1.54, 1.807) is 11.1 Å². The number of carbonyl (C=O) groups is 1. The van der Waals surface area contributed by atoms with Gasteiger partial charge in [-0.05, 0) is 24.1 Å². The van der Waals surface area contributed by atoms with Gasteiger partial charge in [-0.2, -0.15) is 0 Å². The lowest BCUT2D eigenvalue weighted by atomic mass is 9.86. The summed E-state index contributed by atoms with van der Waals surface area (Å²) in [6.45, 7) is 0.928. The Hall–Kier alpha value is -0.980. The molecule has 1 amide bonds. The van der Waals surface area contributed by atoms with Crippen molar-refractivity contribution in [3.63, 3.8) is 0 Å². The lowest BCUT2D eigenvalue weighted by Gasteiger charge is -2.42. The number of piperidine rings is 1. The first-order valence-corrected chi connectivity index (χ1v) is 5.95. The second-order valence-corrected chi connectivity index (χ2v) is 4.87. The number of rotatable bonds is 2. The van der Waals surface area contributed by atoms with Crippen molar-refractivity contribution >= 4 is 18.4 Å². The van der Waals surface area contributed by atoms with E-state index in [1.165, 1.54) is 11.9 Å². The largest absolute Gasteiger partial charge is 0.383 e. The molecule has 2 atom stereocenters. The van der Waals surface area contributed by atoms with Crippen molar-refractivity contribution in [2.75, 3.05) is 13.1 Å². The van der Waals surface area contributed by atoms with E-state index in [4.69, 9.17) is 5.73 Å². The summed E-state index contributed by atoms with van der Waals surface area (Å²) in [4.78, 5) is 13.0. The van der Waals surface area contributed by atoms with Gasteiger partial charge in [-0.25, -0.2) is 0 Å². The molecule has 6 heteroatoms. The molecule has 0 spiro atoms. The van der Waals surface area contributed by atoms with Crippen LogP contribution in [0.15, 0.2) is 23.3 Å². The van der Waals surface area contributed by atoms with Gasteiger partial charge in [0.15, 0.2) is 0 Å². The number of hydrogen-bond acceptors (Lipinski definition) is 5. The fourth-order valence-corrected chi connectivity index (χ4v) is 2.79. The molecule has 1 fully saturated rings. The molecule has 0 aromatic heterocycles. The normalized spacial score (nSPS) is 34.2. The maximum atomic E-state index is 10.6. The smallest absolute Gasteiger partial charge is 0.209 e. The molecular formula is C10H15N3O2S. The summed E-state index contributed by atoms with van der Waals surface area (Å²) < 4.78 is 2.97. The van der Waals surface area contributed by atoms with E-state index in [0.717, 1.165) is 11.3 Å². The van der Waals surface area contributed by atoms with Crippen LogP contribution in [-0.4, -0.2) is 41.1 Å². The Bertz CT molecular complexity index is 345. The van der Waals surface area contributed by atoms with E-state index < -0.39 is 11.6 Å². The summed E-state index contributed by atoms with van der Waals surface area (Å²) in [6.07, 6.45) is 6.74. The highest BCUT2D eigenvalue weighted by Crippen LogP contribution is 2.35. The van der Waals surface area contributed by atoms with Gasteiger partial charge in [-0.3, -0.25) is 4.79 Å². The third-order valence-corrected chi connectivity index (χ3v) is 3.94. The Morgan fingerprint density at radius 3 is 3.12 bits per heavy atom. The van der Waals surface area contributed by atoms with E-state index in [0.29, 0.717) is 19.5 Å². The van der Waals surface area contributed by atoms with Crippen molar-refractivity contribution in [2.45, 2.75) is 18.1 Å². The number of likely N-dealkylation sites (tertiary alicyclic amines) is 1. The Kier molecular flexibility index (Phi) is 3.22. The summed E-state index contributed by atoms with van der Waals surface area (Å²) in [5, 5.41) is 10.5. The van der Waals surface area contributed by atoms with Crippen molar-refractivity contribution in [2.24, 2.45) is 5.73 Å². The van der Waals surface area contributed by atoms with Crippen molar-refractivity contribution in [3.05, 3.63) is 23.3 Å². The van der Waals surface area contributed by atoms with Crippen molar-refractivity contribution in [1.82, 2.24) is 9.62 Å². The Morgan fingerprint density at radius 2 is 2.56 bits per heavy atom. The van der Waals surface area contributed by atoms with Gasteiger partial charge in [0.1, 0.15) is 5.60 Å². The number of aliphatic hydroxyl groups is 1. The molecule has 4 N–H and O–H groups in total. The summed E-state index contributed by atoms with van der Waals surface area (Å²) in [7, 11) is 0. The standard InChI is InChI=1S/C10H15N3O2S/c11-8-6-13(7-14)5-3-10(8,15)9-2-1-4-12-16-9/h1-2,4,7-8,12,15H,3,5-6,11H2/t8-,10+/m0/s1. The van der Waals surface area contributed by atoms with Crippen LogP contribution in [0, 0.1) is 0 Å². The van der Waals surface area contributed by atoms with Gasteiger partial charge < -0.3 is 20.5 Å². The lowest BCUT2D eigenvalue weighted by molar-refractivity contribution is -0.121. The zero-order chi connectivity index (χ0) is 11.6. The molecular weight excluding hydrogens is 226 g/mol. The van der Waals surface area contributed by atoms with Gasteiger partial charge >= 0.3 is 0 Å². The van der Waals surface area contributed by atoms with Crippen LogP contribution in [0.5, 0.6) is 0 Å². The van der Waals surface area contributed by atoms with Crippen LogP contribution in [0.1, 0.15) is 6.42 Å². The first-order valence-electron chi connectivity index (χ1n) is 5.14. The summed E-state index contributed by atoms with van der Waals surface area (Å²) >= 11 is 1.37. The van der Waals surface area contributed by atoms with E-state index in [-0.39, 0.29) is 0 Å². The maximum Gasteiger partial charge on any atom is 0.209 e. The zero-order valence-electron chi connectivity index (χ0n) is 8.80. The predicted octanol–water partition coefficient (Wildman–Crippen LogP) is -0.444. The van der Waals surface area contributed by atoms with Crippen molar-refractivity contribution < 1.29 is 9.90 Å². The highest BCUT2D eigenvalue weighted by atomic mass is 32.2. The SMILES string of the molecule is N[C@H]1CN(C=O)CC[C@]1(O)C1=CC=CNS1. The van der Waals surface area contributed by atoms with E-state index in [9.17, 15) is 9.90 Å². The fourth-order valence-electron chi connectivity index (χ4n) is 1.94. The second-order valence-electron chi connectivity index (χ2n) is 3.99. The van der Waals surface area contributed by atoms with Gasteiger partial charge in [0.25, 0.3) is 0 Å². The Morgan fingerprint density at radius 1 is 1.75 bits per heavy atom. The minimum Gasteiger partial charge on any atom is -0.383 e. The van der Waals surface area contributed by atoms with Gasteiger partial charge in [0.05, 0.1) is 6.04 Å². The number of carbonyl (C=O) groups excluding carboxylic acids is 1. The first kappa shape index (κ1) is 11.5. The lowest BCUT2D eigenvalue weighted by Crippen LogP contribution is -2.60. The molecule has 0 aromatic carbocycles. The third kappa shape index (κ3) is 1.95. The maximum absolute atomic E-state index is 10.6. The molecule has 0 aliphatic carbocycles. The van der Waals surface area contributed by atoms with E-state index >= 15 is 0 Å². The summed E-state index contributed by atoms with van der Waals surface area (Å²) in [5.74, 6) is 0. The molecule has 0 unspecified atom stereocenters. The quantitative estimate of drug-likeness (QED) is 0.451. The topological polar surface area (TPSA) is 78.6 Å². The Labute approximate surface area is 98.5 Å². The number of nitrogens with two attached hydrogens (primary N) is 1. The molecule has 2 rings (SSSR count). The number of amides is 1. The Balaban J connectivity index is 2.15. The minimum absolute atomic E-state index is 0.390. The highest BCUT2D eigenvalue weighted by molar-refractivity contribution is 8.01. The van der Waals surface area contributed by atoms with E-state index in [1.807, 2.05) is 12.2 Å².